The zero-order valence-corrected chi connectivity index (χ0v) is 16.8. The van der Waals surface area contributed by atoms with Crippen molar-refractivity contribution in [3.63, 3.8) is 0 Å². The van der Waals surface area contributed by atoms with Crippen LogP contribution in [0.4, 0.5) is 0 Å². The van der Waals surface area contributed by atoms with Crippen molar-refractivity contribution in [3.05, 3.63) is 60.4 Å². The number of pyridine rings is 2. The second-order valence-electron chi connectivity index (χ2n) is 6.56. The van der Waals surface area contributed by atoms with Crippen LogP contribution in [-0.4, -0.2) is 36.8 Å². The molecular formula is C23H20N2O5. The number of hydrogen-bond donors (Lipinski definition) is 0. The van der Waals surface area contributed by atoms with E-state index in [1.807, 2.05) is 37.3 Å². The largest absolute Gasteiger partial charge is 0.493 e. The maximum absolute atomic E-state index is 11.4. The number of carbonyl (C=O) groups is 1. The molecule has 0 amide bonds. The number of rotatable bonds is 6. The Morgan fingerprint density at radius 3 is 2.57 bits per heavy atom. The first-order valence-corrected chi connectivity index (χ1v) is 9.29. The van der Waals surface area contributed by atoms with Crippen molar-refractivity contribution in [2.75, 3.05) is 20.8 Å². The van der Waals surface area contributed by atoms with Gasteiger partial charge in [-0.15, -0.1) is 0 Å². The highest BCUT2D eigenvalue weighted by Gasteiger charge is 2.14. The summed E-state index contributed by atoms with van der Waals surface area (Å²) in [7, 11) is 2.83. The van der Waals surface area contributed by atoms with Crippen LogP contribution in [0, 0.1) is 6.92 Å². The van der Waals surface area contributed by atoms with Gasteiger partial charge in [0, 0.05) is 23.0 Å². The molecule has 0 saturated carbocycles. The van der Waals surface area contributed by atoms with Crippen LogP contribution < -0.4 is 14.2 Å². The molecule has 0 radical (unpaired) electrons. The molecule has 0 aliphatic rings. The van der Waals surface area contributed by atoms with Crippen LogP contribution in [0.25, 0.3) is 21.8 Å². The number of ether oxygens (including phenoxy) is 4. The summed E-state index contributed by atoms with van der Waals surface area (Å²) in [5.41, 5.74) is 2.33. The van der Waals surface area contributed by atoms with Crippen molar-refractivity contribution in [1.29, 1.82) is 0 Å². The van der Waals surface area contributed by atoms with Gasteiger partial charge in [-0.3, -0.25) is 4.98 Å². The van der Waals surface area contributed by atoms with E-state index >= 15 is 0 Å². The number of aryl methyl sites for hydroxylation is 1. The summed E-state index contributed by atoms with van der Waals surface area (Å²) < 4.78 is 21.8. The number of fused-ring (bicyclic) bond motifs is 2. The molecule has 4 aromatic rings. The molecule has 7 nitrogen and oxygen atoms in total. The molecule has 2 heterocycles. The molecule has 4 rings (SSSR count). The van der Waals surface area contributed by atoms with Gasteiger partial charge in [-0.2, -0.15) is 0 Å². The number of esters is 1. The van der Waals surface area contributed by atoms with E-state index in [9.17, 15) is 4.79 Å². The topological polar surface area (TPSA) is 79.8 Å². The first-order valence-electron chi connectivity index (χ1n) is 9.29. The quantitative estimate of drug-likeness (QED) is 0.439. The minimum Gasteiger partial charge on any atom is -0.493 e. The average molecular weight is 404 g/mol. The zero-order valence-electron chi connectivity index (χ0n) is 16.8. The highest BCUT2D eigenvalue weighted by molar-refractivity contribution is 5.89. The summed E-state index contributed by atoms with van der Waals surface area (Å²) in [5, 5.41) is 1.74. The summed E-state index contributed by atoms with van der Waals surface area (Å²) in [6.45, 7) is 1.68. The second-order valence-corrected chi connectivity index (χ2v) is 6.56. The fourth-order valence-corrected chi connectivity index (χ4v) is 3.10. The van der Waals surface area contributed by atoms with Crippen LogP contribution in [0.5, 0.6) is 23.0 Å². The predicted octanol–water partition coefficient (Wildman–Crippen LogP) is 4.44. The van der Waals surface area contributed by atoms with Crippen LogP contribution in [-0.2, 0) is 9.53 Å². The van der Waals surface area contributed by atoms with Crippen LogP contribution >= 0.6 is 0 Å². The lowest BCUT2D eigenvalue weighted by Crippen LogP contribution is -2.13. The summed E-state index contributed by atoms with van der Waals surface area (Å²) in [5.74, 6) is 1.63. The van der Waals surface area contributed by atoms with E-state index in [4.69, 9.17) is 14.2 Å². The van der Waals surface area contributed by atoms with Crippen molar-refractivity contribution in [1.82, 2.24) is 9.97 Å². The molecule has 0 atom stereocenters. The van der Waals surface area contributed by atoms with Crippen LogP contribution in [0.2, 0.25) is 0 Å². The summed E-state index contributed by atoms with van der Waals surface area (Å²) in [4.78, 5) is 20.4. The minimum atomic E-state index is -0.485. The van der Waals surface area contributed by atoms with Crippen molar-refractivity contribution in [2.45, 2.75) is 6.92 Å². The third-order valence-electron chi connectivity index (χ3n) is 4.65. The van der Waals surface area contributed by atoms with E-state index in [-0.39, 0.29) is 6.61 Å². The third-order valence-corrected chi connectivity index (χ3v) is 4.65. The number of methoxy groups -OCH3 is 2. The number of carbonyl (C=O) groups excluding carboxylic acids is 1. The first kappa shape index (κ1) is 19.4. The minimum absolute atomic E-state index is 0.226. The Balaban J connectivity index is 1.73. The van der Waals surface area contributed by atoms with E-state index in [0.717, 1.165) is 22.0 Å². The molecule has 0 aliphatic heterocycles. The lowest BCUT2D eigenvalue weighted by atomic mass is 10.1. The van der Waals surface area contributed by atoms with Gasteiger partial charge >= 0.3 is 5.97 Å². The molecule has 0 aliphatic carbocycles. The van der Waals surface area contributed by atoms with E-state index in [2.05, 4.69) is 14.7 Å². The molecule has 0 N–H and O–H groups in total. The Morgan fingerprint density at radius 1 is 0.933 bits per heavy atom. The van der Waals surface area contributed by atoms with Gasteiger partial charge in [-0.05, 0) is 31.2 Å². The van der Waals surface area contributed by atoms with Gasteiger partial charge in [-0.1, -0.05) is 18.2 Å². The summed E-state index contributed by atoms with van der Waals surface area (Å²) in [6.07, 6.45) is 1.65. The number of aromatic nitrogens is 2. The van der Waals surface area contributed by atoms with Gasteiger partial charge in [0.2, 0.25) is 0 Å². The highest BCUT2D eigenvalue weighted by Crippen LogP contribution is 2.38. The molecule has 30 heavy (non-hydrogen) atoms. The van der Waals surface area contributed by atoms with Crippen molar-refractivity contribution < 1.29 is 23.7 Å². The maximum Gasteiger partial charge on any atom is 0.343 e. The Bertz CT molecular complexity index is 1240. The van der Waals surface area contributed by atoms with Gasteiger partial charge in [0.25, 0.3) is 0 Å². The van der Waals surface area contributed by atoms with Crippen molar-refractivity contribution in [3.8, 4) is 23.0 Å². The lowest BCUT2D eigenvalue weighted by molar-refractivity contribution is -0.142. The van der Waals surface area contributed by atoms with E-state index in [1.165, 1.54) is 14.2 Å². The van der Waals surface area contributed by atoms with Gasteiger partial charge < -0.3 is 18.9 Å². The van der Waals surface area contributed by atoms with E-state index in [1.54, 1.807) is 24.4 Å². The fraction of sp³-hybridized carbons (Fsp3) is 0.174. The number of benzene rings is 2. The smallest absolute Gasteiger partial charge is 0.343 e. The molecular weight excluding hydrogens is 384 g/mol. The molecule has 2 aromatic carbocycles. The van der Waals surface area contributed by atoms with Gasteiger partial charge in [0.15, 0.2) is 18.1 Å². The van der Waals surface area contributed by atoms with E-state index < -0.39 is 5.97 Å². The molecule has 7 heteroatoms. The molecule has 0 unspecified atom stereocenters. The molecule has 0 bridgehead atoms. The SMILES string of the molecule is COC(=O)COc1cc2nccc(Oc3cc4ccccc4nc3C)c2cc1OC. The van der Waals surface area contributed by atoms with Crippen molar-refractivity contribution in [2.24, 2.45) is 0 Å². The van der Waals surface area contributed by atoms with Gasteiger partial charge in [0.1, 0.15) is 11.5 Å². The van der Waals surface area contributed by atoms with E-state index in [0.29, 0.717) is 28.5 Å². The van der Waals surface area contributed by atoms with Crippen LogP contribution in [0.3, 0.4) is 0 Å². The molecule has 0 saturated heterocycles. The second kappa shape index (κ2) is 8.24. The number of para-hydroxylation sites is 1. The summed E-state index contributed by atoms with van der Waals surface area (Å²) in [6, 6.07) is 15.1. The van der Waals surface area contributed by atoms with Gasteiger partial charge in [0.05, 0.1) is 30.9 Å². The fourth-order valence-electron chi connectivity index (χ4n) is 3.10. The first-order chi connectivity index (χ1) is 14.6. The third kappa shape index (κ3) is 3.82. The Hall–Kier alpha value is -3.87. The predicted molar refractivity (Wildman–Crippen MR) is 112 cm³/mol. The zero-order chi connectivity index (χ0) is 21.1. The van der Waals surface area contributed by atoms with Gasteiger partial charge in [-0.25, -0.2) is 9.78 Å². The highest BCUT2D eigenvalue weighted by atomic mass is 16.6. The standard InChI is InChI=1S/C23H20N2O5/c1-14-20(10-15-6-4-5-7-17(15)25-14)30-19-8-9-24-18-12-22(29-13-23(26)28-3)21(27-2)11-16(18)19/h4-12H,13H2,1-3H3. The normalized spacial score (nSPS) is 10.8. The number of hydrogen-bond acceptors (Lipinski definition) is 7. The van der Waals surface area contributed by atoms with Crippen LogP contribution in [0.15, 0.2) is 54.7 Å². The number of nitrogens with zero attached hydrogens (tertiary/aromatic N) is 2. The molecule has 0 spiro atoms. The monoisotopic (exact) mass is 404 g/mol. The summed E-state index contributed by atoms with van der Waals surface area (Å²) >= 11 is 0. The lowest BCUT2D eigenvalue weighted by Gasteiger charge is -2.14. The Morgan fingerprint density at radius 2 is 1.77 bits per heavy atom. The molecule has 152 valence electrons. The van der Waals surface area contributed by atoms with Crippen LogP contribution in [0.1, 0.15) is 5.69 Å². The Labute approximate surface area is 173 Å². The average Bonchev–Trinajstić information content (AvgIpc) is 2.77. The Kier molecular flexibility index (Phi) is 5.34. The maximum atomic E-state index is 11.4. The molecule has 0 fully saturated rings. The van der Waals surface area contributed by atoms with Crippen molar-refractivity contribution >= 4 is 27.8 Å². The molecule has 2 aromatic heterocycles.